The number of esters is 1. The molecule has 1 amide bonds. The summed E-state index contributed by atoms with van der Waals surface area (Å²) in [6.45, 7) is 6.57. The Bertz CT molecular complexity index is 516. The highest BCUT2D eigenvalue weighted by atomic mass is 35.5. The SMILES string of the molecule is COC(=O)C(C)CN(CC(C)C)C(=O)COc1ccc(Cl)cc1. The van der Waals surface area contributed by atoms with E-state index in [9.17, 15) is 9.59 Å². The van der Waals surface area contributed by atoms with Crippen molar-refractivity contribution in [3.05, 3.63) is 29.3 Å². The fourth-order valence-corrected chi connectivity index (χ4v) is 2.22. The van der Waals surface area contributed by atoms with E-state index in [1.807, 2.05) is 13.8 Å². The summed E-state index contributed by atoms with van der Waals surface area (Å²) in [5.41, 5.74) is 0. The molecule has 23 heavy (non-hydrogen) atoms. The zero-order chi connectivity index (χ0) is 17.4. The Morgan fingerprint density at radius 1 is 1.13 bits per heavy atom. The molecule has 1 aromatic carbocycles. The van der Waals surface area contributed by atoms with Crippen molar-refractivity contribution >= 4 is 23.5 Å². The standard InChI is InChI=1S/C17H24ClNO4/c1-12(2)9-19(10-13(3)17(21)22-4)16(20)11-23-15-7-5-14(18)6-8-15/h5-8,12-13H,9-11H2,1-4H3. The van der Waals surface area contributed by atoms with Crippen molar-refractivity contribution in [3.8, 4) is 5.75 Å². The van der Waals surface area contributed by atoms with Crippen molar-refractivity contribution in [1.29, 1.82) is 0 Å². The number of halogens is 1. The number of methoxy groups -OCH3 is 1. The average Bonchev–Trinajstić information content (AvgIpc) is 2.52. The second-order valence-corrected chi connectivity index (χ2v) is 6.30. The number of benzene rings is 1. The predicted octanol–water partition coefficient (Wildman–Crippen LogP) is 3.01. The van der Waals surface area contributed by atoms with Gasteiger partial charge in [-0.3, -0.25) is 9.59 Å². The van der Waals surface area contributed by atoms with Gasteiger partial charge >= 0.3 is 5.97 Å². The molecule has 6 heteroatoms. The molecular weight excluding hydrogens is 318 g/mol. The average molecular weight is 342 g/mol. The van der Waals surface area contributed by atoms with Gasteiger partial charge in [0.1, 0.15) is 5.75 Å². The molecule has 1 aromatic rings. The van der Waals surface area contributed by atoms with Gasteiger partial charge in [0.05, 0.1) is 13.0 Å². The molecule has 5 nitrogen and oxygen atoms in total. The highest BCUT2D eigenvalue weighted by Crippen LogP contribution is 2.16. The fourth-order valence-electron chi connectivity index (χ4n) is 2.09. The smallest absolute Gasteiger partial charge is 0.310 e. The first-order valence-corrected chi connectivity index (χ1v) is 7.95. The van der Waals surface area contributed by atoms with Crippen LogP contribution in [-0.4, -0.2) is 43.6 Å². The molecule has 0 heterocycles. The molecule has 1 unspecified atom stereocenters. The Hall–Kier alpha value is -1.75. The van der Waals surface area contributed by atoms with Gasteiger partial charge in [0.25, 0.3) is 5.91 Å². The second-order valence-electron chi connectivity index (χ2n) is 5.86. The molecule has 0 aliphatic rings. The lowest BCUT2D eigenvalue weighted by Crippen LogP contribution is -2.41. The van der Waals surface area contributed by atoms with E-state index < -0.39 is 0 Å². The topological polar surface area (TPSA) is 55.8 Å². The number of hydrogen-bond donors (Lipinski definition) is 0. The third kappa shape index (κ3) is 6.91. The van der Waals surface area contributed by atoms with Gasteiger partial charge in [-0.25, -0.2) is 0 Å². The summed E-state index contributed by atoms with van der Waals surface area (Å²) in [7, 11) is 1.34. The minimum atomic E-state index is -0.377. The van der Waals surface area contributed by atoms with E-state index in [0.29, 0.717) is 29.8 Å². The van der Waals surface area contributed by atoms with Gasteiger partial charge < -0.3 is 14.4 Å². The Morgan fingerprint density at radius 3 is 2.26 bits per heavy atom. The number of ether oxygens (including phenoxy) is 2. The Morgan fingerprint density at radius 2 is 1.74 bits per heavy atom. The van der Waals surface area contributed by atoms with Crippen LogP contribution in [0.3, 0.4) is 0 Å². The first-order valence-electron chi connectivity index (χ1n) is 7.57. The fraction of sp³-hybridized carbons (Fsp3) is 0.529. The van der Waals surface area contributed by atoms with Crippen molar-refractivity contribution < 1.29 is 19.1 Å². The van der Waals surface area contributed by atoms with Gasteiger partial charge in [-0.15, -0.1) is 0 Å². The lowest BCUT2D eigenvalue weighted by Gasteiger charge is -2.26. The predicted molar refractivity (Wildman–Crippen MR) is 89.5 cm³/mol. The molecule has 0 saturated carbocycles. The molecule has 1 atom stereocenters. The summed E-state index contributed by atoms with van der Waals surface area (Å²) in [5.74, 6) is 0.000373. The number of hydrogen-bond acceptors (Lipinski definition) is 4. The number of amides is 1. The van der Waals surface area contributed by atoms with Gasteiger partial charge in [0.2, 0.25) is 0 Å². The summed E-state index contributed by atoms with van der Waals surface area (Å²) in [6.07, 6.45) is 0. The minimum Gasteiger partial charge on any atom is -0.484 e. The Kier molecular flexibility index (Phi) is 7.89. The summed E-state index contributed by atoms with van der Waals surface area (Å²) in [5, 5.41) is 0.608. The maximum Gasteiger partial charge on any atom is 0.310 e. The molecule has 0 aliphatic carbocycles. The van der Waals surface area contributed by atoms with E-state index in [1.165, 1.54) is 7.11 Å². The van der Waals surface area contributed by atoms with Crippen LogP contribution < -0.4 is 4.74 Å². The minimum absolute atomic E-state index is 0.0811. The Labute approximate surface area is 142 Å². The highest BCUT2D eigenvalue weighted by molar-refractivity contribution is 6.30. The van der Waals surface area contributed by atoms with Gasteiger partial charge in [0.15, 0.2) is 6.61 Å². The number of carbonyl (C=O) groups is 2. The summed E-state index contributed by atoms with van der Waals surface area (Å²) in [6, 6.07) is 6.82. The van der Waals surface area contributed by atoms with E-state index >= 15 is 0 Å². The second kappa shape index (κ2) is 9.40. The normalized spacial score (nSPS) is 11.9. The lowest BCUT2D eigenvalue weighted by molar-refractivity contribution is -0.146. The maximum atomic E-state index is 12.4. The molecule has 0 aromatic heterocycles. The molecule has 0 N–H and O–H groups in total. The summed E-state index contributed by atoms with van der Waals surface area (Å²) < 4.78 is 10.2. The van der Waals surface area contributed by atoms with E-state index in [4.69, 9.17) is 21.1 Å². The van der Waals surface area contributed by atoms with Crippen molar-refractivity contribution in [2.75, 3.05) is 26.8 Å². The van der Waals surface area contributed by atoms with Crippen LogP contribution in [0.2, 0.25) is 5.02 Å². The molecule has 128 valence electrons. The first-order chi connectivity index (χ1) is 10.8. The summed E-state index contributed by atoms with van der Waals surface area (Å²) in [4.78, 5) is 25.6. The van der Waals surface area contributed by atoms with Crippen LogP contribution >= 0.6 is 11.6 Å². The zero-order valence-electron chi connectivity index (χ0n) is 14.0. The first kappa shape index (κ1) is 19.3. The van der Waals surface area contributed by atoms with Crippen molar-refractivity contribution in [1.82, 2.24) is 4.90 Å². The van der Waals surface area contributed by atoms with Gasteiger partial charge in [-0.1, -0.05) is 32.4 Å². The van der Waals surface area contributed by atoms with Crippen LogP contribution in [0.5, 0.6) is 5.75 Å². The molecule has 0 fully saturated rings. The third-order valence-corrected chi connectivity index (χ3v) is 3.46. The van der Waals surface area contributed by atoms with Crippen molar-refractivity contribution in [2.45, 2.75) is 20.8 Å². The molecule has 0 saturated heterocycles. The number of rotatable bonds is 8. The lowest BCUT2D eigenvalue weighted by atomic mass is 10.1. The van der Waals surface area contributed by atoms with E-state index in [1.54, 1.807) is 36.1 Å². The van der Waals surface area contributed by atoms with Gasteiger partial charge in [0, 0.05) is 18.1 Å². The summed E-state index contributed by atoms with van der Waals surface area (Å²) >= 11 is 5.81. The molecular formula is C17H24ClNO4. The third-order valence-electron chi connectivity index (χ3n) is 3.21. The van der Waals surface area contributed by atoms with Gasteiger partial charge in [-0.05, 0) is 30.2 Å². The van der Waals surface area contributed by atoms with Crippen LogP contribution in [0.1, 0.15) is 20.8 Å². The van der Waals surface area contributed by atoms with Crippen LogP contribution in [0.25, 0.3) is 0 Å². The van der Waals surface area contributed by atoms with Crippen LogP contribution in [0.4, 0.5) is 0 Å². The van der Waals surface area contributed by atoms with Gasteiger partial charge in [-0.2, -0.15) is 0 Å². The highest BCUT2D eigenvalue weighted by Gasteiger charge is 2.22. The molecule has 0 radical (unpaired) electrons. The van der Waals surface area contributed by atoms with Crippen LogP contribution in [0.15, 0.2) is 24.3 Å². The quantitative estimate of drug-likeness (QED) is 0.682. The molecule has 0 aliphatic heterocycles. The van der Waals surface area contributed by atoms with E-state index in [-0.39, 0.29) is 24.4 Å². The molecule has 0 spiro atoms. The maximum absolute atomic E-state index is 12.4. The number of nitrogens with zero attached hydrogens (tertiary/aromatic N) is 1. The van der Waals surface area contributed by atoms with Crippen LogP contribution in [-0.2, 0) is 14.3 Å². The Balaban J connectivity index is 2.63. The van der Waals surface area contributed by atoms with Crippen molar-refractivity contribution in [3.63, 3.8) is 0 Å². The number of carbonyl (C=O) groups excluding carboxylic acids is 2. The molecule has 1 rings (SSSR count). The largest absolute Gasteiger partial charge is 0.484 e. The van der Waals surface area contributed by atoms with E-state index in [0.717, 1.165) is 0 Å². The van der Waals surface area contributed by atoms with Crippen LogP contribution in [0, 0.1) is 11.8 Å². The zero-order valence-corrected chi connectivity index (χ0v) is 14.8. The monoisotopic (exact) mass is 341 g/mol. The van der Waals surface area contributed by atoms with Crippen molar-refractivity contribution in [2.24, 2.45) is 11.8 Å². The molecule has 0 bridgehead atoms. The van der Waals surface area contributed by atoms with E-state index in [2.05, 4.69) is 0 Å².